The monoisotopic (exact) mass is 275 g/mol. The van der Waals surface area contributed by atoms with Crippen molar-refractivity contribution in [2.75, 3.05) is 18.7 Å². The third-order valence-electron chi connectivity index (χ3n) is 1.84. The number of anilines is 1. The molecule has 1 aromatic rings. The molecule has 18 heavy (non-hydrogen) atoms. The highest BCUT2D eigenvalue weighted by atomic mass is 31.2. The highest BCUT2D eigenvalue weighted by molar-refractivity contribution is 7.51. The van der Waals surface area contributed by atoms with Crippen molar-refractivity contribution in [2.24, 2.45) is 0 Å². The predicted octanol–water partition coefficient (Wildman–Crippen LogP) is -0.467. The summed E-state index contributed by atoms with van der Waals surface area (Å²) >= 11 is 0. The zero-order valence-corrected chi connectivity index (χ0v) is 10.4. The molecule has 8 nitrogen and oxygen atoms in total. The molecular weight excluding hydrogens is 261 g/mol. The minimum atomic E-state index is -4.12. The average Bonchev–Trinajstić information content (AvgIpc) is 2.24. The average molecular weight is 275 g/mol. The molecular formula is C9H14N3O5P. The summed E-state index contributed by atoms with van der Waals surface area (Å²) in [7, 11) is -4.12. The van der Waals surface area contributed by atoms with Crippen molar-refractivity contribution in [2.45, 2.75) is 6.54 Å². The summed E-state index contributed by atoms with van der Waals surface area (Å²) in [5.74, 6) is 0.158. The maximum absolute atomic E-state index is 11.3. The maximum atomic E-state index is 11.3. The van der Waals surface area contributed by atoms with Gasteiger partial charge in [-0.3, -0.25) is 9.13 Å². The Morgan fingerprint density at radius 3 is 2.83 bits per heavy atom. The SMILES string of the molecule is Nc1ccn(C/C=C\COCP(=O)(O)O)c(=O)n1. The van der Waals surface area contributed by atoms with Crippen molar-refractivity contribution in [3.63, 3.8) is 0 Å². The Hall–Kier alpha value is -1.47. The van der Waals surface area contributed by atoms with E-state index in [1.165, 1.54) is 16.8 Å². The van der Waals surface area contributed by atoms with Gasteiger partial charge in [0, 0.05) is 12.7 Å². The topological polar surface area (TPSA) is 128 Å². The normalized spacial score (nSPS) is 12.1. The molecule has 0 unspecified atom stereocenters. The second-order valence-electron chi connectivity index (χ2n) is 3.42. The summed E-state index contributed by atoms with van der Waals surface area (Å²) in [5.41, 5.74) is 4.86. The highest BCUT2D eigenvalue weighted by Crippen LogP contribution is 2.33. The molecule has 0 fully saturated rings. The molecule has 4 N–H and O–H groups in total. The number of nitrogens with two attached hydrogens (primary N) is 1. The van der Waals surface area contributed by atoms with Gasteiger partial charge in [-0.2, -0.15) is 4.98 Å². The minimum absolute atomic E-state index is 0.0578. The fourth-order valence-electron chi connectivity index (χ4n) is 1.08. The van der Waals surface area contributed by atoms with Crippen molar-refractivity contribution >= 4 is 13.4 Å². The molecule has 0 aliphatic heterocycles. The zero-order valence-electron chi connectivity index (χ0n) is 9.47. The van der Waals surface area contributed by atoms with Gasteiger partial charge in [-0.15, -0.1) is 0 Å². The number of nitrogen functional groups attached to an aromatic ring is 1. The first kappa shape index (κ1) is 14.6. The quantitative estimate of drug-likeness (QED) is 0.364. The molecule has 0 aromatic carbocycles. The first-order valence-electron chi connectivity index (χ1n) is 4.99. The third kappa shape index (κ3) is 5.74. The molecule has 1 heterocycles. The maximum Gasteiger partial charge on any atom is 0.350 e. The Kier molecular flexibility index (Phi) is 5.24. The number of hydrogen-bond donors (Lipinski definition) is 3. The van der Waals surface area contributed by atoms with Gasteiger partial charge in [-0.25, -0.2) is 4.79 Å². The van der Waals surface area contributed by atoms with Crippen LogP contribution in [0.1, 0.15) is 0 Å². The van der Waals surface area contributed by atoms with Crippen LogP contribution in [0.3, 0.4) is 0 Å². The van der Waals surface area contributed by atoms with Gasteiger partial charge in [0.25, 0.3) is 0 Å². The van der Waals surface area contributed by atoms with Crippen LogP contribution >= 0.6 is 7.60 Å². The van der Waals surface area contributed by atoms with Crippen LogP contribution in [-0.2, 0) is 15.8 Å². The summed E-state index contributed by atoms with van der Waals surface area (Å²) in [4.78, 5) is 31.9. The largest absolute Gasteiger partial charge is 0.383 e. The number of aromatic nitrogens is 2. The van der Waals surface area contributed by atoms with Gasteiger partial charge in [0.2, 0.25) is 0 Å². The Morgan fingerprint density at radius 1 is 1.50 bits per heavy atom. The van der Waals surface area contributed by atoms with Gasteiger partial charge in [0.1, 0.15) is 12.2 Å². The molecule has 0 spiro atoms. The fourth-order valence-corrected chi connectivity index (χ4v) is 1.42. The van der Waals surface area contributed by atoms with E-state index in [1.807, 2.05) is 0 Å². The number of rotatable bonds is 6. The van der Waals surface area contributed by atoms with E-state index >= 15 is 0 Å². The van der Waals surface area contributed by atoms with Crippen molar-refractivity contribution in [1.29, 1.82) is 0 Å². The lowest BCUT2D eigenvalue weighted by molar-refractivity contribution is 0.184. The second kappa shape index (κ2) is 6.46. The van der Waals surface area contributed by atoms with E-state index in [2.05, 4.69) is 4.98 Å². The number of ether oxygens (including phenoxy) is 1. The van der Waals surface area contributed by atoms with E-state index in [9.17, 15) is 9.36 Å². The van der Waals surface area contributed by atoms with E-state index in [0.717, 1.165) is 0 Å². The lowest BCUT2D eigenvalue weighted by atomic mass is 10.5. The zero-order chi connectivity index (χ0) is 13.6. The summed E-state index contributed by atoms with van der Waals surface area (Å²) in [6, 6.07) is 1.50. The van der Waals surface area contributed by atoms with Crippen LogP contribution in [0.4, 0.5) is 5.82 Å². The molecule has 0 aliphatic carbocycles. The number of allylic oxidation sites excluding steroid dienone is 1. The van der Waals surface area contributed by atoms with Crippen LogP contribution in [0.2, 0.25) is 0 Å². The lowest BCUT2D eigenvalue weighted by Gasteiger charge is -2.03. The smallest absolute Gasteiger partial charge is 0.350 e. The molecule has 0 radical (unpaired) electrons. The van der Waals surface area contributed by atoms with E-state index in [1.54, 1.807) is 12.2 Å². The van der Waals surface area contributed by atoms with E-state index in [4.69, 9.17) is 20.3 Å². The van der Waals surface area contributed by atoms with Crippen LogP contribution in [0.25, 0.3) is 0 Å². The second-order valence-corrected chi connectivity index (χ2v) is 5.01. The van der Waals surface area contributed by atoms with Crippen molar-refractivity contribution < 1.29 is 19.1 Å². The predicted molar refractivity (Wildman–Crippen MR) is 64.9 cm³/mol. The van der Waals surface area contributed by atoms with E-state index in [0.29, 0.717) is 0 Å². The minimum Gasteiger partial charge on any atom is -0.383 e. The Bertz CT molecular complexity index is 521. The molecule has 100 valence electrons. The molecule has 0 saturated heterocycles. The summed E-state index contributed by atoms with van der Waals surface area (Å²) in [6.45, 7) is 0.341. The first-order chi connectivity index (χ1) is 8.38. The Morgan fingerprint density at radius 2 is 2.22 bits per heavy atom. The number of hydrogen-bond acceptors (Lipinski definition) is 5. The molecule has 1 rings (SSSR count). The van der Waals surface area contributed by atoms with E-state index < -0.39 is 19.6 Å². The van der Waals surface area contributed by atoms with Gasteiger partial charge in [0.05, 0.1) is 6.61 Å². The van der Waals surface area contributed by atoms with Crippen molar-refractivity contribution in [3.8, 4) is 0 Å². The van der Waals surface area contributed by atoms with Gasteiger partial charge < -0.3 is 20.3 Å². The van der Waals surface area contributed by atoms with Crippen LogP contribution in [-0.4, -0.2) is 32.3 Å². The van der Waals surface area contributed by atoms with Gasteiger partial charge in [-0.1, -0.05) is 12.2 Å². The standard InChI is InChI=1S/C9H14N3O5P/c10-8-3-5-12(9(13)11-8)4-1-2-6-17-7-18(14,15)16/h1-3,5H,4,6-7H2,(H2,10,11,13)(H2,14,15,16)/b2-1-. The highest BCUT2D eigenvalue weighted by Gasteiger charge is 2.11. The first-order valence-corrected chi connectivity index (χ1v) is 6.78. The van der Waals surface area contributed by atoms with Gasteiger partial charge in [0.15, 0.2) is 0 Å². The van der Waals surface area contributed by atoms with Crippen LogP contribution in [0.5, 0.6) is 0 Å². The van der Waals surface area contributed by atoms with Crippen LogP contribution in [0, 0.1) is 0 Å². The molecule has 0 aliphatic rings. The van der Waals surface area contributed by atoms with Crippen molar-refractivity contribution in [3.05, 3.63) is 34.9 Å². The van der Waals surface area contributed by atoms with Crippen LogP contribution < -0.4 is 11.4 Å². The lowest BCUT2D eigenvalue weighted by Crippen LogP contribution is -2.22. The summed E-state index contributed by atoms with van der Waals surface area (Å²) in [6.07, 6.45) is 4.06. The molecule has 0 bridgehead atoms. The fraction of sp³-hybridized carbons (Fsp3) is 0.333. The van der Waals surface area contributed by atoms with Gasteiger partial charge >= 0.3 is 13.3 Å². The summed E-state index contributed by atoms with van der Waals surface area (Å²) < 4.78 is 16.5. The van der Waals surface area contributed by atoms with E-state index in [-0.39, 0.29) is 19.0 Å². The van der Waals surface area contributed by atoms with Crippen molar-refractivity contribution in [1.82, 2.24) is 9.55 Å². The van der Waals surface area contributed by atoms with Gasteiger partial charge in [-0.05, 0) is 6.07 Å². The Labute approximate surface area is 103 Å². The third-order valence-corrected chi connectivity index (χ3v) is 2.36. The summed E-state index contributed by atoms with van der Waals surface area (Å²) in [5, 5.41) is 0. The molecule has 0 atom stereocenters. The number of nitrogens with zero attached hydrogens (tertiary/aromatic N) is 2. The van der Waals surface area contributed by atoms with Crippen LogP contribution in [0.15, 0.2) is 29.2 Å². The molecule has 0 saturated carbocycles. The molecule has 0 amide bonds. The molecule has 9 heteroatoms. The Balaban J connectivity index is 2.37. The molecule has 1 aromatic heterocycles.